The highest BCUT2D eigenvalue weighted by Crippen LogP contribution is 2.10. The van der Waals surface area contributed by atoms with Gasteiger partial charge >= 0.3 is 0 Å². The number of nitrogens with two attached hydrogens (primary N) is 1. The first-order chi connectivity index (χ1) is 8.04. The van der Waals surface area contributed by atoms with E-state index < -0.39 is 0 Å². The Bertz CT molecular complexity index is 357. The van der Waals surface area contributed by atoms with E-state index in [2.05, 4.69) is 19.2 Å². The van der Waals surface area contributed by atoms with Crippen LogP contribution in [0.5, 0.6) is 0 Å². The lowest BCUT2D eigenvalue weighted by atomic mass is 10.0. The molecule has 0 saturated carbocycles. The molecule has 0 aliphatic carbocycles. The Hall–Kier alpha value is -1.35. The lowest BCUT2D eigenvalue weighted by Gasteiger charge is -2.17. The Morgan fingerprint density at radius 2 is 1.88 bits per heavy atom. The second-order valence-corrected chi connectivity index (χ2v) is 4.75. The van der Waals surface area contributed by atoms with Gasteiger partial charge in [-0.15, -0.1) is 0 Å². The van der Waals surface area contributed by atoms with E-state index in [-0.39, 0.29) is 11.8 Å². The van der Waals surface area contributed by atoms with E-state index in [0.717, 1.165) is 18.5 Å². The third-order valence-electron chi connectivity index (χ3n) is 2.69. The van der Waals surface area contributed by atoms with Crippen molar-refractivity contribution in [2.24, 2.45) is 5.92 Å². The van der Waals surface area contributed by atoms with Gasteiger partial charge in [-0.1, -0.05) is 20.8 Å². The summed E-state index contributed by atoms with van der Waals surface area (Å²) in [7, 11) is 0. The van der Waals surface area contributed by atoms with E-state index in [4.69, 9.17) is 5.73 Å². The molecule has 0 fully saturated rings. The van der Waals surface area contributed by atoms with Crippen molar-refractivity contribution in [3.63, 3.8) is 0 Å². The maximum Gasteiger partial charge on any atom is 0.179 e. The quantitative estimate of drug-likeness (QED) is 0.587. The van der Waals surface area contributed by atoms with Crippen LogP contribution in [0.3, 0.4) is 0 Å². The van der Waals surface area contributed by atoms with Crippen molar-refractivity contribution >= 4 is 11.5 Å². The fraction of sp³-hybridized carbons (Fsp3) is 0.500. The van der Waals surface area contributed by atoms with Gasteiger partial charge in [0.2, 0.25) is 0 Å². The number of hydrogen-bond acceptors (Lipinski definition) is 3. The number of ketones is 1. The van der Waals surface area contributed by atoms with E-state index in [1.54, 1.807) is 24.3 Å². The van der Waals surface area contributed by atoms with Gasteiger partial charge in [0.25, 0.3) is 0 Å². The second-order valence-electron chi connectivity index (χ2n) is 4.75. The van der Waals surface area contributed by atoms with Crippen LogP contribution in [0.1, 0.15) is 37.6 Å². The number of nitrogen functional groups attached to an aromatic ring is 1. The number of carbonyl (C=O) groups is 1. The van der Waals surface area contributed by atoms with E-state index in [9.17, 15) is 4.79 Å². The number of nitrogens with one attached hydrogen (secondary N) is 1. The van der Waals surface area contributed by atoms with Gasteiger partial charge in [0, 0.05) is 11.3 Å². The molecule has 0 aliphatic heterocycles. The Morgan fingerprint density at radius 3 is 2.35 bits per heavy atom. The first kappa shape index (κ1) is 13.7. The van der Waals surface area contributed by atoms with Gasteiger partial charge in [0.15, 0.2) is 5.78 Å². The highest BCUT2D eigenvalue weighted by molar-refractivity contribution is 6.00. The van der Waals surface area contributed by atoms with Crippen LogP contribution in [0.15, 0.2) is 24.3 Å². The average molecular weight is 234 g/mol. The normalized spacial score (nSPS) is 12.7. The number of anilines is 1. The lowest BCUT2D eigenvalue weighted by Crippen LogP contribution is -2.38. The van der Waals surface area contributed by atoms with E-state index in [0.29, 0.717) is 11.6 Å². The van der Waals surface area contributed by atoms with Gasteiger partial charge in [-0.2, -0.15) is 0 Å². The largest absolute Gasteiger partial charge is 0.399 e. The number of Topliss-reactive ketones (excluding diaryl/α,β-unsaturated/α-hetero) is 1. The van der Waals surface area contributed by atoms with Crippen molar-refractivity contribution in [2.45, 2.75) is 33.2 Å². The van der Waals surface area contributed by atoms with Crippen LogP contribution >= 0.6 is 0 Å². The minimum atomic E-state index is -0.0963. The van der Waals surface area contributed by atoms with Crippen molar-refractivity contribution in [3.8, 4) is 0 Å². The fourth-order valence-electron chi connectivity index (χ4n) is 1.65. The summed E-state index contributed by atoms with van der Waals surface area (Å²) in [5.74, 6) is 0.691. The molecule has 0 aromatic heterocycles. The molecule has 0 bridgehead atoms. The molecule has 0 spiro atoms. The summed E-state index contributed by atoms with van der Waals surface area (Å²) < 4.78 is 0. The third-order valence-corrected chi connectivity index (χ3v) is 2.69. The third kappa shape index (κ3) is 4.19. The Morgan fingerprint density at radius 1 is 1.29 bits per heavy atom. The summed E-state index contributed by atoms with van der Waals surface area (Å²) in [4.78, 5) is 12.2. The molecule has 1 aromatic carbocycles. The van der Waals surface area contributed by atoms with Gasteiger partial charge < -0.3 is 11.1 Å². The average Bonchev–Trinajstić information content (AvgIpc) is 2.30. The Kier molecular flexibility index (Phi) is 5.16. The number of hydrogen-bond donors (Lipinski definition) is 2. The summed E-state index contributed by atoms with van der Waals surface area (Å²) >= 11 is 0. The number of benzene rings is 1. The summed E-state index contributed by atoms with van der Waals surface area (Å²) in [6.45, 7) is 7.15. The monoisotopic (exact) mass is 234 g/mol. The summed E-state index contributed by atoms with van der Waals surface area (Å²) in [5, 5.41) is 3.30. The standard InChI is InChI=1S/C14H22N2O/c1-4-13(16-9-10(2)3)14(17)11-5-7-12(15)8-6-11/h5-8,10,13,16H,4,9,15H2,1-3H3. The van der Waals surface area contributed by atoms with Gasteiger partial charge in [-0.05, 0) is 43.1 Å². The molecule has 1 atom stereocenters. The van der Waals surface area contributed by atoms with Gasteiger partial charge in [0.1, 0.15) is 0 Å². The van der Waals surface area contributed by atoms with E-state index in [1.165, 1.54) is 0 Å². The van der Waals surface area contributed by atoms with E-state index in [1.807, 2.05) is 6.92 Å². The molecule has 3 N–H and O–H groups in total. The van der Waals surface area contributed by atoms with Crippen LogP contribution < -0.4 is 11.1 Å². The predicted octanol–water partition coefficient (Wildman–Crippen LogP) is 2.48. The zero-order valence-electron chi connectivity index (χ0n) is 10.9. The maximum absolute atomic E-state index is 12.2. The second kappa shape index (κ2) is 6.40. The van der Waals surface area contributed by atoms with Crippen LogP contribution in [0.25, 0.3) is 0 Å². The molecule has 1 unspecified atom stereocenters. The molecule has 0 aliphatic rings. The van der Waals surface area contributed by atoms with Crippen molar-refractivity contribution in [1.29, 1.82) is 0 Å². The van der Waals surface area contributed by atoms with Crippen LogP contribution in [0.4, 0.5) is 5.69 Å². The van der Waals surface area contributed by atoms with Crippen molar-refractivity contribution in [2.75, 3.05) is 12.3 Å². The van der Waals surface area contributed by atoms with Crippen molar-refractivity contribution < 1.29 is 4.79 Å². The van der Waals surface area contributed by atoms with E-state index >= 15 is 0 Å². The fourth-order valence-corrected chi connectivity index (χ4v) is 1.65. The van der Waals surface area contributed by atoms with Crippen LogP contribution in [0, 0.1) is 5.92 Å². The minimum absolute atomic E-state index is 0.0963. The highest BCUT2D eigenvalue weighted by atomic mass is 16.1. The highest BCUT2D eigenvalue weighted by Gasteiger charge is 2.17. The van der Waals surface area contributed by atoms with Gasteiger partial charge in [-0.25, -0.2) is 0 Å². The van der Waals surface area contributed by atoms with Crippen LogP contribution in [-0.2, 0) is 0 Å². The first-order valence-electron chi connectivity index (χ1n) is 6.17. The molecular weight excluding hydrogens is 212 g/mol. The van der Waals surface area contributed by atoms with Gasteiger partial charge in [-0.3, -0.25) is 4.79 Å². The first-order valence-corrected chi connectivity index (χ1v) is 6.17. The smallest absolute Gasteiger partial charge is 0.179 e. The predicted molar refractivity (Wildman–Crippen MR) is 72.1 cm³/mol. The molecule has 0 radical (unpaired) electrons. The summed E-state index contributed by atoms with van der Waals surface area (Å²) in [6, 6.07) is 7.01. The molecule has 3 heteroatoms. The number of rotatable bonds is 6. The van der Waals surface area contributed by atoms with Crippen molar-refractivity contribution in [1.82, 2.24) is 5.32 Å². The molecule has 0 heterocycles. The molecule has 1 aromatic rings. The zero-order chi connectivity index (χ0) is 12.8. The van der Waals surface area contributed by atoms with Gasteiger partial charge in [0.05, 0.1) is 6.04 Å². The Balaban J connectivity index is 2.68. The summed E-state index contributed by atoms with van der Waals surface area (Å²) in [6.07, 6.45) is 0.802. The minimum Gasteiger partial charge on any atom is -0.399 e. The lowest BCUT2D eigenvalue weighted by molar-refractivity contribution is 0.0939. The topological polar surface area (TPSA) is 55.1 Å². The number of carbonyl (C=O) groups excluding carboxylic acids is 1. The molecule has 17 heavy (non-hydrogen) atoms. The maximum atomic E-state index is 12.2. The molecule has 1 rings (SSSR count). The van der Waals surface area contributed by atoms with Crippen LogP contribution in [-0.4, -0.2) is 18.4 Å². The molecule has 0 amide bonds. The SMILES string of the molecule is CCC(NCC(C)C)C(=O)c1ccc(N)cc1. The molecule has 0 saturated heterocycles. The summed E-state index contributed by atoms with van der Waals surface area (Å²) in [5.41, 5.74) is 7.02. The molecular formula is C14H22N2O. The van der Waals surface area contributed by atoms with Crippen LogP contribution in [0.2, 0.25) is 0 Å². The Labute approximate surface area is 103 Å². The van der Waals surface area contributed by atoms with Crippen molar-refractivity contribution in [3.05, 3.63) is 29.8 Å². The molecule has 94 valence electrons. The zero-order valence-corrected chi connectivity index (χ0v) is 10.9. The molecule has 3 nitrogen and oxygen atoms in total.